The minimum absolute atomic E-state index is 0.170. The second kappa shape index (κ2) is 39.7. The lowest BCUT2D eigenvalue weighted by Crippen LogP contribution is -2.49. The van der Waals surface area contributed by atoms with Gasteiger partial charge in [-0.15, -0.1) is 0 Å². The Bertz CT molecular complexity index is 6240. The lowest BCUT2D eigenvalue weighted by Gasteiger charge is -2.58. The average molecular weight is 1860 g/mol. The zero-order valence-corrected chi connectivity index (χ0v) is 88.4. The van der Waals surface area contributed by atoms with Crippen LogP contribution in [0.2, 0.25) is 0 Å². The first-order valence-corrected chi connectivity index (χ1v) is 55.9. The average Bonchev–Trinajstić information content (AvgIpc) is 0.899. The van der Waals surface area contributed by atoms with Crippen LogP contribution in [0.15, 0.2) is 291 Å². The van der Waals surface area contributed by atoms with Gasteiger partial charge in [0, 0.05) is 16.2 Å². The summed E-state index contributed by atoms with van der Waals surface area (Å²) in [7, 11) is 0. The van der Waals surface area contributed by atoms with Crippen molar-refractivity contribution in [1.29, 1.82) is 0 Å². The van der Waals surface area contributed by atoms with Gasteiger partial charge >= 0.3 is 0 Å². The number of rotatable bonds is 39. The predicted octanol–water partition coefficient (Wildman–Crippen LogP) is 39.6. The molecule has 0 saturated carbocycles. The van der Waals surface area contributed by atoms with Crippen LogP contribution >= 0.6 is 0 Å². The lowest BCUT2D eigenvalue weighted by atomic mass is 9.52. The van der Waals surface area contributed by atoms with Crippen molar-refractivity contribution >= 4 is 17.1 Å². The van der Waals surface area contributed by atoms with E-state index in [0.717, 1.165) is 38.5 Å². The van der Waals surface area contributed by atoms with Gasteiger partial charge < -0.3 is 4.90 Å². The third kappa shape index (κ3) is 16.0. The zero-order valence-electron chi connectivity index (χ0n) is 88.4. The number of benzene rings is 15. The number of fused-ring (bicyclic) bond motifs is 9. The summed E-state index contributed by atoms with van der Waals surface area (Å²) < 4.78 is 0. The normalized spacial score (nSPS) is 15.2. The first-order valence-electron chi connectivity index (χ1n) is 55.9. The molecule has 0 spiro atoms. The van der Waals surface area contributed by atoms with Gasteiger partial charge in [0.15, 0.2) is 0 Å². The van der Waals surface area contributed by atoms with Crippen molar-refractivity contribution in [1.82, 2.24) is 0 Å². The Balaban J connectivity index is 0.973. The van der Waals surface area contributed by atoms with E-state index < -0.39 is 16.2 Å². The standard InChI is InChI=1S/C141H153N/c1-16-22-28-34-76-136(77-35-29-23-17-2)121-82-100(13)52-70-115(121)118-73-55-103(85-124(118)136)106-88-127-133-128(89-106)140(111-62-44-96(9)45-63-111,112-64-46-97(10)47-65-112)130-91-108(105-57-75-120-117-72-54-102(15)84-123(117)138(126(120)87-105,80-38-32-26-20-5)81-39-33-27-21-6)93-132-135(130)142(133)134-129(139(127,109-58-40-94(7)41-59-109)110-60-42-95(8)43-61-110)90-107(92-131(134)141(132,113-66-48-98(11)49-67-113)114-68-50-99(12)51-69-114)104-56-74-119-116-71-53-101(14)83-122(116)137(125(119)86-104,78-36-30-24-18-3)79-37-31-25-19-4/h40-75,82-93H,16-39,76-81H2,1-15H3. The van der Waals surface area contributed by atoms with Crippen LogP contribution in [0.5, 0.6) is 0 Å². The number of hydrogen-bond donors (Lipinski definition) is 0. The first-order chi connectivity index (χ1) is 69.3. The van der Waals surface area contributed by atoms with Crippen LogP contribution in [0, 0.1) is 62.3 Å². The summed E-state index contributed by atoms with van der Waals surface area (Å²) in [4.78, 5) is 2.98. The Kier molecular flexibility index (Phi) is 26.9. The summed E-state index contributed by atoms with van der Waals surface area (Å²) >= 11 is 0. The fourth-order valence-corrected chi connectivity index (χ4v) is 28.3. The molecule has 3 heterocycles. The fraction of sp³-hybridized carbons (Fsp3) is 0.362. The second-order valence-corrected chi connectivity index (χ2v) is 45.1. The molecule has 15 aromatic rings. The van der Waals surface area contributed by atoms with Gasteiger partial charge in [-0.2, -0.15) is 0 Å². The van der Waals surface area contributed by atoms with Crippen LogP contribution in [-0.4, -0.2) is 0 Å². The predicted molar refractivity (Wildman–Crippen MR) is 607 cm³/mol. The molecule has 0 bridgehead atoms. The van der Waals surface area contributed by atoms with Crippen molar-refractivity contribution in [2.75, 3.05) is 4.90 Å². The van der Waals surface area contributed by atoms with Crippen LogP contribution in [0.4, 0.5) is 17.1 Å². The minimum Gasteiger partial charge on any atom is -0.308 e. The summed E-state index contributed by atoms with van der Waals surface area (Å²) in [5, 5.41) is 0. The maximum atomic E-state index is 2.98. The van der Waals surface area contributed by atoms with E-state index in [9.17, 15) is 0 Å². The Hall–Kier alpha value is -11.9. The fourth-order valence-electron chi connectivity index (χ4n) is 28.3. The van der Waals surface area contributed by atoms with Crippen molar-refractivity contribution in [3.63, 3.8) is 0 Å². The highest BCUT2D eigenvalue weighted by Gasteiger charge is 2.62. The van der Waals surface area contributed by atoms with Crippen molar-refractivity contribution in [2.24, 2.45) is 0 Å². The third-order valence-electron chi connectivity index (χ3n) is 35.6. The highest BCUT2D eigenvalue weighted by Crippen LogP contribution is 2.74. The van der Waals surface area contributed by atoms with E-state index in [1.165, 1.54) is 371 Å². The number of nitrogens with zero attached hydrogens (tertiary/aromatic N) is 1. The van der Waals surface area contributed by atoms with Crippen LogP contribution in [0.1, 0.15) is 384 Å². The summed E-state index contributed by atoms with van der Waals surface area (Å²) in [5.41, 5.74) is 52.5. The van der Waals surface area contributed by atoms with Gasteiger partial charge in [-0.1, -0.05) is 482 Å². The van der Waals surface area contributed by atoms with E-state index in [1.54, 1.807) is 16.7 Å². The smallest absolute Gasteiger partial charge is 0.0743 e. The monoisotopic (exact) mass is 1860 g/mol. The number of anilines is 3. The van der Waals surface area contributed by atoms with E-state index in [-0.39, 0.29) is 16.2 Å². The number of aryl methyl sites for hydroxylation is 9. The molecule has 15 aromatic carbocycles. The van der Waals surface area contributed by atoms with E-state index in [1.807, 2.05) is 0 Å². The second-order valence-electron chi connectivity index (χ2n) is 45.1. The molecule has 722 valence electrons. The van der Waals surface area contributed by atoms with Crippen molar-refractivity contribution in [3.05, 3.63) is 441 Å². The topological polar surface area (TPSA) is 3.24 Å². The van der Waals surface area contributed by atoms with Gasteiger partial charge in [0.2, 0.25) is 0 Å². The quantitative estimate of drug-likeness (QED) is 0.0347. The van der Waals surface area contributed by atoms with E-state index in [0.29, 0.717) is 0 Å². The molecule has 0 radical (unpaired) electrons. The highest BCUT2D eigenvalue weighted by atomic mass is 15.2. The molecular weight excluding hydrogens is 1710 g/mol. The van der Waals surface area contributed by atoms with Gasteiger partial charge in [-0.3, -0.25) is 0 Å². The van der Waals surface area contributed by atoms with Gasteiger partial charge in [-0.25, -0.2) is 0 Å². The molecule has 0 fully saturated rings. The summed E-state index contributed by atoms with van der Waals surface area (Å²) in [6.45, 7) is 35.2. The molecule has 0 atom stereocenters. The van der Waals surface area contributed by atoms with E-state index in [2.05, 4.69) is 400 Å². The van der Waals surface area contributed by atoms with Crippen molar-refractivity contribution in [2.45, 2.75) is 329 Å². The Morgan fingerprint density at radius 2 is 0.317 bits per heavy atom. The van der Waals surface area contributed by atoms with E-state index in [4.69, 9.17) is 0 Å². The maximum absolute atomic E-state index is 2.98. The largest absolute Gasteiger partial charge is 0.308 e. The summed E-state index contributed by atoms with van der Waals surface area (Å²) in [6.07, 6.45) is 36.1. The van der Waals surface area contributed by atoms with Crippen molar-refractivity contribution in [3.8, 4) is 66.8 Å². The van der Waals surface area contributed by atoms with Crippen LogP contribution in [-0.2, 0) is 32.5 Å². The summed E-state index contributed by atoms with van der Waals surface area (Å²) in [5.74, 6) is 0. The Labute approximate surface area is 853 Å². The molecular formula is C141H153N. The lowest BCUT2D eigenvalue weighted by molar-refractivity contribution is 0.401. The molecule has 1 nitrogen and oxygen atoms in total. The molecule has 0 N–H and O–H groups in total. The van der Waals surface area contributed by atoms with Crippen LogP contribution in [0.3, 0.4) is 0 Å². The SMILES string of the molecule is CCCCCCC1(CCCCCC)c2cc(C)ccc2-c2ccc(-c3cc4c5c(c3)C(c3ccc(C)cc3)(c3ccc(C)cc3)c3cc(-c6ccc7c(c6)C(CCCCCC)(CCCCCC)c6cc(C)ccc6-7)cc6c3N5c3c(cc(-c5ccc7c(c5)C(CCCCCC)(CCCCCC)c5cc(C)ccc5-7)cc3C6(c3ccc(C)cc3)c3ccc(C)cc3)C4(c3ccc(C)cc3)c3ccc(C)cc3)cc21. The van der Waals surface area contributed by atoms with Gasteiger partial charge in [0.05, 0.1) is 33.3 Å². The molecule has 0 amide bonds. The molecule has 3 aliphatic heterocycles. The summed E-state index contributed by atoms with van der Waals surface area (Å²) in [6, 6.07) is 124. The molecule has 0 aromatic heterocycles. The number of hydrogen-bond acceptors (Lipinski definition) is 1. The van der Waals surface area contributed by atoms with Crippen LogP contribution in [0.25, 0.3) is 66.8 Å². The Morgan fingerprint density at radius 3 is 0.500 bits per heavy atom. The van der Waals surface area contributed by atoms with E-state index >= 15 is 0 Å². The first kappa shape index (κ1) is 96.2. The molecule has 0 saturated heterocycles. The maximum Gasteiger partial charge on any atom is 0.0743 e. The molecule has 0 unspecified atom stereocenters. The van der Waals surface area contributed by atoms with Crippen LogP contribution < -0.4 is 4.90 Å². The molecule has 142 heavy (non-hydrogen) atoms. The Morgan fingerprint density at radius 1 is 0.155 bits per heavy atom. The molecule has 3 aliphatic carbocycles. The number of unbranched alkanes of at least 4 members (excludes halogenated alkanes) is 18. The minimum atomic E-state index is -1.01. The third-order valence-corrected chi connectivity index (χ3v) is 35.6. The van der Waals surface area contributed by atoms with Gasteiger partial charge in [0.25, 0.3) is 0 Å². The molecule has 6 aliphatic rings. The molecule has 21 rings (SSSR count). The van der Waals surface area contributed by atoms with Gasteiger partial charge in [-0.05, 0) is 322 Å². The molecule has 1 heteroatoms. The highest BCUT2D eigenvalue weighted by molar-refractivity contribution is 6.06. The van der Waals surface area contributed by atoms with Crippen molar-refractivity contribution < 1.29 is 0 Å². The zero-order chi connectivity index (χ0) is 98.0. The van der Waals surface area contributed by atoms with Gasteiger partial charge in [0.1, 0.15) is 0 Å².